The van der Waals surface area contributed by atoms with E-state index in [0.29, 0.717) is 11.7 Å². The van der Waals surface area contributed by atoms with Crippen LogP contribution in [0.1, 0.15) is 32.5 Å². The maximum Gasteiger partial charge on any atom is 0.229 e. The third-order valence-corrected chi connectivity index (χ3v) is 5.99. The van der Waals surface area contributed by atoms with Crippen molar-refractivity contribution in [1.29, 1.82) is 0 Å². The number of likely N-dealkylation sites (tertiary alicyclic amines) is 1. The zero-order valence-electron chi connectivity index (χ0n) is 18.4. The Morgan fingerprint density at radius 3 is 2.77 bits per heavy atom. The van der Waals surface area contributed by atoms with Gasteiger partial charge in [-0.25, -0.2) is 9.97 Å². The van der Waals surface area contributed by atoms with Crippen LogP contribution < -0.4 is 5.32 Å². The average Bonchev–Trinajstić information content (AvgIpc) is 3.05. The zero-order valence-corrected chi connectivity index (χ0v) is 18.4. The van der Waals surface area contributed by atoms with Crippen LogP contribution in [0.2, 0.25) is 0 Å². The molecule has 0 bridgehead atoms. The molecule has 6 heteroatoms. The molecule has 1 saturated heterocycles. The Morgan fingerprint density at radius 2 is 2.03 bits per heavy atom. The number of anilines is 1. The molecule has 4 rings (SSSR count). The van der Waals surface area contributed by atoms with Gasteiger partial charge in [0, 0.05) is 37.3 Å². The summed E-state index contributed by atoms with van der Waals surface area (Å²) in [5, 5.41) is 5.17. The highest BCUT2D eigenvalue weighted by molar-refractivity contribution is 5.95. The normalized spacial score (nSPS) is 17.6. The Balaban J connectivity index is 1.51. The van der Waals surface area contributed by atoms with Crippen molar-refractivity contribution in [3.63, 3.8) is 0 Å². The Bertz CT molecular complexity index is 1050. The molecule has 1 N–H and O–H groups in total. The van der Waals surface area contributed by atoms with Gasteiger partial charge in [-0.3, -0.25) is 4.79 Å². The average molecular weight is 406 g/mol. The van der Waals surface area contributed by atoms with E-state index in [1.165, 1.54) is 0 Å². The Labute approximate surface area is 178 Å². The van der Waals surface area contributed by atoms with Crippen LogP contribution in [0.25, 0.3) is 22.0 Å². The first-order valence-electron chi connectivity index (χ1n) is 10.8. The maximum absolute atomic E-state index is 12.9. The largest absolute Gasteiger partial charge is 0.331 e. The van der Waals surface area contributed by atoms with E-state index < -0.39 is 0 Å². The van der Waals surface area contributed by atoms with Crippen molar-refractivity contribution in [2.45, 2.75) is 33.6 Å². The minimum atomic E-state index is 0.0266. The SMILES string of the molecule is Cc1ncc(-c2ccc3cnc(NC(=O)C4CCCN(CC(C)C)C4)cc3c2)n1C. The number of hydrogen-bond donors (Lipinski definition) is 1. The van der Waals surface area contributed by atoms with Crippen molar-refractivity contribution in [2.24, 2.45) is 18.9 Å². The predicted octanol–water partition coefficient (Wildman–Crippen LogP) is 4.25. The first-order chi connectivity index (χ1) is 14.4. The van der Waals surface area contributed by atoms with E-state index in [0.717, 1.165) is 60.3 Å². The lowest BCUT2D eigenvalue weighted by Gasteiger charge is -2.32. The van der Waals surface area contributed by atoms with Gasteiger partial charge in [0.25, 0.3) is 0 Å². The zero-order chi connectivity index (χ0) is 21.3. The second-order valence-electron chi connectivity index (χ2n) is 8.86. The van der Waals surface area contributed by atoms with Gasteiger partial charge in [-0.1, -0.05) is 26.0 Å². The van der Waals surface area contributed by atoms with Gasteiger partial charge in [-0.2, -0.15) is 0 Å². The minimum Gasteiger partial charge on any atom is -0.331 e. The van der Waals surface area contributed by atoms with Gasteiger partial charge in [0.2, 0.25) is 5.91 Å². The number of piperidine rings is 1. The predicted molar refractivity (Wildman–Crippen MR) is 121 cm³/mol. The topological polar surface area (TPSA) is 63.1 Å². The fourth-order valence-electron chi connectivity index (χ4n) is 4.32. The third-order valence-electron chi connectivity index (χ3n) is 5.99. The van der Waals surface area contributed by atoms with E-state index >= 15 is 0 Å². The Kier molecular flexibility index (Phi) is 5.86. The molecule has 6 nitrogen and oxygen atoms in total. The summed E-state index contributed by atoms with van der Waals surface area (Å²) in [6.45, 7) is 9.42. The molecule has 0 saturated carbocycles. The Hall–Kier alpha value is -2.73. The molecule has 1 aliphatic rings. The highest BCUT2D eigenvalue weighted by Gasteiger charge is 2.26. The lowest BCUT2D eigenvalue weighted by atomic mass is 9.96. The minimum absolute atomic E-state index is 0.0266. The number of hydrogen-bond acceptors (Lipinski definition) is 4. The molecule has 158 valence electrons. The second kappa shape index (κ2) is 8.56. The molecular formula is C24H31N5O. The van der Waals surface area contributed by atoms with Gasteiger partial charge >= 0.3 is 0 Å². The van der Waals surface area contributed by atoms with Crippen molar-refractivity contribution in [3.05, 3.63) is 42.5 Å². The quantitative estimate of drug-likeness (QED) is 0.689. The van der Waals surface area contributed by atoms with E-state index in [1.54, 1.807) is 0 Å². The first kappa shape index (κ1) is 20.5. The van der Waals surface area contributed by atoms with Crippen LogP contribution >= 0.6 is 0 Å². The van der Waals surface area contributed by atoms with Crippen molar-refractivity contribution in [1.82, 2.24) is 19.4 Å². The van der Waals surface area contributed by atoms with Crippen LogP contribution in [0.15, 0.2) is 36.7 Å². The van der Waals surface area contributed by atoms with Crippen molar-refractivity contribution in [3.8, 4) is 11.3 Å². The highest BCUT2D eigenvalue weighted by Crippen LogP contribution is 2.26. The molecule has 0 radical (unpaired) electrons. The number of carbonyl (C=O) groups excluding carboxylic acids is 1. The number of aromatic nitrogens is 3. The van der Waals surface area contributed by atoms with Crippen LogP contribution in [0.5, 0.6) is 0 Å². The lowest BCUT2D eigenvalue weighted by molar-refractivity contribution is -0.121. The summed E-state index contributed by atoms with van der Waals surface area (Å²) in [4.78, 5) is 24.2. The number of nitrogens with one attached hydrogen (secondary N) is 1. The number of pyridine rings is 1. The summed E-state index contributed by atoms with van der Waals surface area (Å²) < 4.78 is 2.08. The molecule has 1 fully saturated rings. The molecule has 0 spiro atoms. The van der Waals surface area contributed by atoms with Crippen molar-refractivity contribution >= 4 is 22.5 Å². The van der Waals surface area contributed by atoms with Gasteiger partial charge in [-0.05, 0) is 49.7 Å². The molecule has 0 aliphatic carbocycles. The lowest BCUT2D eigenvalue weighted by Crippen LogP contribution is -2.42. The summed E-state index contributed by atoms with van der Waals surface area (Å²) in [7, 11) is 2.02. The molecule has 1 unspecified atom stereocenters. The highest BCUT2D eigenvalue weighted by atomic mass is 16.2. The summed E-state index contributed by atoms with van der Waals surface area (Å²) >= 11 is 0. The van der Waals surface area contributed by atoms with Gasteiger partial charge in [0.05, 0.1) is 17.8 Å². The van der Waals surface area contributed by atoms with Crippen LogP contribution in [0.4, 0.5) is 5.82 Å². The molecule has 2 aromatic heterocycles. The third kappa shape index (κ3) is 4.38. The van der Waals surface area contributed by atoms with E-state index in [1.807, 2.05) is 32.4 Å². The molecule has 3 aromatic rings. The summed E-state index contributed by atoms with van der Waals surface area (Å²) in [5.74, 6) is 2.32. The van der Waals surface area contributed by atoms with E-state index in [4.69, 9.17) is 0 Å². The standard InChI is InChI=1S/C24H31N5O/c1-16(2)14-29-9-5-6-20(15-29)24(30)27-23-11-21-10-18(7-8-19(21)12-26-23)22-13-25-17(3)28(22)4/h7-8,10-13,16,20H,5-6,9,14-15H2,1-4H3,(H,26,27,30). The number of fused-ring (bicyclic) bond motifs is 1. The monoisotopic (exact) mass is 405 g/mol. The molecular weight excluding hydrogens is 374 g/mol. The molecule has 1 aliphatic heterocycles. The number of aryl methyl sites for hydroxylation is 1. The number of nitrogens with zero attached hydrogens (tertiary/aromatic N) is 4. The number of rotatable bonds is 5. The first-order valence-corrected chi connectivity index (χ1v) is 10.8. The molecule has 1 amide bonds. The second-order valence-corrected chi connectivity index (χ2v) is 8.86. The van der Waals surface area contributed by atoms with Gasteiger partial charge in [0.1, 0.15) is 11.6 Å². The van der Waals surface area contributed by atoms with E-state index in [2.05, 4.69) is 56.8 Å². The fraction of sp³-hybridized carbons (Fsp3) is 0.458. The van der Waals surface area contributed by atoms with Crippen molar-refractivity contribution < 1.29 is 4.79 Å². The summed E-state index contributed by atoms with van der Waals surface area (Å²) in [5.41, 5.74) is 2.18. The number of benzene rings is 1. The smallest absolute Gasteiger partial charge is 0.229 e. The number of imidazole rings is 1. The van der Waals surface area contributed by atoms with Crippen molar-refractivity contribution in [2.75, 3.05) is 25.0 Å². The molecule has 30 heavy (non-hydrogen) atoms. The van der Waals surface area contributed by atoms with Crippen LogP contribution in [-0.4, -0.2) is 45.0 Å². The van der Waals surface area contributed by atoms with E-state index in [9.17, 15) is 4.79 Å². The molecule has 1 aromatic carbocycles. The molecule has 3 heterocycles. The number of carbonyl (C=O) groups is 1. The van der Waals surface area contributed by atoms with Gasteiger partial charge < -0.3 is 14.8 Å². The van der Waals surface area contributed by atoms with E-state index in [-0.39, 0.29) is 11.8 Å². The fourth-order valence-corrected chi connectivity index (χ4v) is 4.32. The molecule has 1 atom stereocenters. The number of amides is 1. The van der Waals surface area contributed by atoms with Gasteiger partial charge in [0.15, 0.2) is 0 Å². The van der Waals surface area contributed by atoms with Crippen LogP contribution in [0.3, 0.4) is 0 Å². The van der Waals surface area contributed by atoms with Gasteiger partial charge in [-0.15, -0.1) is 0 Å². The van der Waals surface area contributed by atoms with Crippen LogP contribution in [0, 0.1) is 18.8 Å². The summed E-state index contributed by atoms with van der Waals surface area (Å²) in [6, 6.07) is 8.25. The van der Waals surface area contributed by atoms with Crippen LogP contribution in [-0.2, 0) is 11.8 Å². The Morgan fingerprint density at radius 1 is 1.20 bits per heavy atom. The summed E-state index contributed by atoms with van der Waals surface area (Å²) in [6.07, 6.45) is 5.74. The maximum atomic E-state index is 12.9.